The summed E-state index contributed by atoms with van der Waals surface area (Å²) in [5.74, 6) is 1.05. The van der Waals surface area contributed by atoms with Crippen molar-refractivity contribution in [3.05, 3.63) is 29.8 Å². The molecule has 0 radical (unpaired) electrons. The van der Waals surface area contributed by atoms with E-state index in [2.05, 4.69) is 22.9 Å². The number of piperazine rings is 1. The number of likely N-dealkylation sites (tertiary alicyclic amines) is 1. The summed E-state index contributed by atoms with van der Waals surface area (Å²) in [4.78, 5) is 19.5. The summed E-state index contributed by atoms with van der Waals surface area (Å²) in [6.07, 6.45) is 1.44. The fraction of sp³-hybridized carbons (Fsp3) is 0.611. The largest absolute Gasteiger partial charge is 0.480 e. The smallest absolute Gasteiger partial charge is 0.263 e. The number of rotatable bonds is 2. The Hall–Kier alpha value is -1.59. The number of hydrogen-bond donors (Lipinski definition) is 0. The number of carbonyl (C=O) groups excluding carboxylic acids is 1. The second kappa shape index (κ2) is 6.13. The molecule has 1 atom stereocenters. The number of fused-ring (bicyclic) bond motifs is 1. The van der Waals surface area contributed by atoms with Crippen LogP contribution in [0.4, 0.5) is 0 Å². The maximum Gasteiger partial charge on any atom is 0.263 e. The highest BCUT2D eigenvalue weighted by Crippen LogP contribution is 2.29. The van der Waals surface area contributed by atoms with Crippen LogP contribution >= 0.6 is 0 Å². The van der Waals surface area contributed by atoms with E-state index in [0.29, 0.717) is 6.04 Å². The van der Waals surface area contributed by atoms with Gasteiger partial charge in [0.25, 0.3) is 5.91 Å². The molecule has 1 amide bonds. The van der Waals surface area contributed by atoms with Crippen LogP contribution in [0.25, 0.3) is 0 Å². The van der Waals surface area contributed by atoms with Gasteiger partial charge in [-0.15, -0.1) is 0 Å². The molecule has 0 saturated carbocycles. The standard InChI is InChI=1S/C18H25N3O2/c1-19-8-10-20(11-9-19)15-12-21(13-15)18(22)17-7-6-14-4-2-3-5-16(14)23-17/h2-5,15,17H,6-13H2,1H3. The lowest BCUT2D eigenvalue weighted by Gasteiger charge is -2.48. The summed E-state index contributed by atoms with van der Waals surface area (Å²) < 4.78 is 5.93. The molecular formula is C18H25N3O2. The van der Waals surface area contributed by atoms with Gasteiger partial charge >= 0.3 is 0 Å². The third kappa shape index (κ3) is 2.95. The van der Waals surface area contributed by atoms with Gasteiger partial charge in [-0.05, 0) is 31.5 Å². The van der Waals surface area contributed by atoms with Crippen LogP contribution in [0, 0.1) is 0 Å². The Morgan fingerprint density at radius 2 is 1.87 bits per heavy atom. The van der Waals surface area contributed by atoms with Crippen molar-refractivity contribution in [1.29, 1.82) is 0 Å². The molecule has 1 aromatic carbocycles. The first-order chi connectivity index (χ1) is 11.2. The number of nitrogens with zero attached hydrogens (tertiary/aromatic N) is 3. The second-order valence-electron chi connectivity index (χ2n) is 6.99. The Morgan fingerprint density at radius 1 is 1.13 bits per heavy atom. The van der Waals surface area contributed by atoms with Crippen molar-refractivity contribution in [3.8, 4) is 5.75 Å². The summed E-state index contributed by atoms with van der Waals surface area (Å²) in [6.45, 7) is 6.24. The number of aryl methyl sites for hydroxylation is 1. The summed E-state index contributed by atoms with van der Waals surface area (Å²) in [5, 5.41) is 0. The van der Waals surface area contributed by atoms with Crippen molar-refractivity contribution >= 4 is 5.91 Å². The average Bonchev–Trinajstić information content (AvgIpc) is 2.54. The van der Waals surface area contributed by atoms with Crippen molar-refractivity contribution in [1.82, 2.24) is 14.7 Å². The minimum Gasteiger partial charge on any atom is -0.480 e. The molecule has 124 valence electrons. The molecule has 23 heavy (non-hydrogen) atoms. The predicted molar refractivity (Wildman–Crippen MR) is 88.6 cm³/mol. The molecule has 1 unspecified atom stereocenters. The van der Waals surface area contributed by atoms with Crippen molar-refractivity contribution in [2.24, 2.45) is 0 Å². The number of benzene rings is 1. The molecule has 0 spiro atoms. The Kier molecular flexibility index (Phi) is 3.99. The van der Waals surface area contributed by atoms with Gasteiger partial charge in [-0.25, -0.2) is 0 Å². The van der Waals surface area contributed by atoms with E-state index in [1.54, 1.807) is 0 Å². The second-order valence-corrected chi connectivity index (χ2v) is 6.99. The molecule has 5 heteroatoms. The topological polar surface area (TPSA) is 36.0 Å². The van der Waals surface area contributed by atoms with E-state index in [1.807, 2.05) is 23.1 Å². The molecule has 2 saturated heterocycles. The molecular weight excluding hydrogens is 290 g/mol. The number of likely N-dealkylation sites (N-methyl/N-ethyl adjacent to an activating group) is 1. The number of para-hydroxylation sites is 1. The lowest BCUT2D eigenvalue weighted by Crippen LogP contribution is -2.65. The first-order valence-corrected chi connectivity index (χ1v) is 8.66. The van der Waals surface area contributed by atoms with Crippen LogP contribution in [0.5, 0.6) is 5.75 Å². The van der Waals surface area contributed by atoms with Crippen molar-refractivity contribution in [2.75, 3.05) is 46.3 Å². The third-order valence-electron chi connectivity index (χ3n) is 5.42. The normalized spacial score (nSPS) is 26.3. The highest BCUT2D eigenvalue weighted by molar-refractivity contribution is 5.82. The summed E-state index contributed by atoms with van der Waals surface area (Å²) in [7, 11) is 2.17. The first kappa shape index (κ1) is 15.0. The van der Waals surface area contributed by atoms with Crippen LogP contribution in [0.2, 0.25) is 0 Å². The van der Waals surface area contributed by atoms with Crippen molar-refractivity contribution < 1.29 is 9.53 Å². The van der Waals surface area contributed by atoms with Crippen LogP contribution in [0.15, 0.2) is 24.3 Å². The lowest BCUT2D eigenvalue weighted by molar-refractivity contribution is -0.147. The average molecular weight is 315 g/mol. The van der Waals surface area contributed by atoms with E-state index < -0.39 is 0 Å². The monoisotopic (exact) mass is 315 g/mol. The van der Waals surface area contributed by atoms with Gasteiger partial charge in [-0.3, -0.25) is 9.69 Å². The molecule has 0 bridgehead atoms. The number of hydrogen-bond acceptors (Lipinski definition) is 4. The summed E-state index contributed by atoms with van der Waals surface area (Å²) in [6, 6.07) is 8.60. The van der Waals surface area contributed by atoms with Crippen LogP contribution < -0.4 is 4.74 Å². The van der Waals surface area contributed by atoms with E-state index in [4.69, 9.17) is 4.74 Å². The molecule has 3 heterocycles. The minimum atomic E-state index is -0.293. The number of ether oxygens (including phenoxy) is 1. The fourth-order valence-electron chi connectivity index (χ4n) is 3.75. The summed E-state index contributed by atoms with van der Waals surface area (Å²) >= 11 is 0. The molecule has 3 aliphatic rings. The maximum absolute atomic E-state index is 12.6. The molecule has 4 rings (SSSR count). The van der Waals surface area contributed by atoms with Gasteiger partial charge in [-0.2, -0.15) is 0 Å². The SMILES string of the molecule is CN1CCN(C2CN(C(=O)C3CCc4ccccc4O3)C2)CC1. The number of carbonyl (C=O) groups is 1. The van der Waals surface area contributed by atoms with E-state index in [1.165, 1.54) is 5.56 Å². The van der Waals surface area contributed by atoms with Crippen LogP contribution in [-0.2, 0) is 11.2 Å². The first-order valence-electron chi connectivity index (χ1n) is 8.66. The van der Waals surface area contributed by atoms with E-state index >= 15 is 0 Å². The zero-order chi connectivity index (χ0) is 15.8. The van der Waals surface area contributed by atoms with Gasteiger partial charge in [0.1, 0.15) is 5.75 Å². The molecule has 2 fully saturated rings. The van der Waals surface area contributed by atoms with Crippen molar-refractivity contribution in [3.63, 3.8) is 0 Å². The van der Waals surface area contributed by atoms with Gasteiger partial charge < -0.3 is 14.5 Å². The highest BCUT2D eigenvalue weighted by Gasteiger charge is 2.39. The molecule has 3 aliphatic heterocycles. The maximum atomic E-state index is 12.6. The van der Waals surface area contributed by atoms with E-state index in [9.17, 15) is 4.79 Å². The van der Waals surface area contributed by atoms with Gasteiger partial charge in [0.2, 0.25) is 0 Å². The van der Waals surface area contributed by atoms with Gasteiger partial charge in [0, 0.05) is 45.3 Å². The van der Waals surface area contributed by atoms with Crippen molar-refractivity contribution in [2.45, 2.75) is 25.0 Å². The van der Waals surface area contributed by atoms with Crippen LogP contribution in [-0.4, -0.2) is 79.1 Å². The predicted octanol–water partition coefficient (Wildman–Crippen LogP) is 0.838. The van der Waals surface area contributed by atoms with Crippen LogP contribution in [0.1, 0.15) is 12.0 Å². The Morgan fingerprint density at radius 3 is 2.65 bits per heavy atom. The highest BCUT2D eigenvalue weighted by atomic mass is 16.5. The quantitative estimate of drug-likeness (QED) is 0.810. The number of amides is 1. The summed E-state index contributed by atoms with van der Waals surface area (Å²) in [5.41, 5.74) is 1.22. The Bertz CT molecular complexity index is 577. The molecule has 0 aromatic heterocycles. The zero-order valence-electron chi connectivity index (χ0n) is 13.8. The van der Waals surface area contributed by atoms with Gasteiger partial charge in [0.15, 0.2) is 6.10 Å². The molecule has 0 aliphatic carbocycles. The zero-order valence-corrected chi connectivity index (χ0v) is 13.8. The molecule has 0 N–H and O–H groups in total. The Balaban J connectivity index is 1.30. The van der Waals surface area contributed by atoms with Gasteiger partial charge in [-0.1, -0.05) is 18.2 Å². The Labute approximate surface area is 137 Å². The van der Waals surface area contributed by atoms with E-state index in [-0.39, 0.29) is 12.0 Å². The molecule has 1 aromatic rings. The fourth-order valence-corrected chi connectivity index (χ4v) is 3.75. The van der Waals surface area contributed by atoms with E-state index in [0.717, 1.165) is 57.9 Å². The van der Waals surface area contributed by atoms with Gasteiger partial charge in [0.05, 0.1) is 0 Å². The third-order valence-corrected chi connectivity index (χ3v) is 5.42. The minimum absolute atomic E-state index is 0.171. The van der Waals surface area contributed by atoms with Crippen LogP contribution in [0.3, 0.4) is 0 Å². The molecule has 5 nitrogen and oxygen atoms in total. The lowest BCUT2D eigenvalue weighted by atomic mass is 9.99.